The molecule has 8 heteroatoms. The van der Waals surface area contributed by atoms with E-state index in [2.05, 4.69) is 15.0 Å². The molecule has 0 spiro atoms. The van der Waals surface area contributed by atoms with E-state index < -0.39 is 23.0 Å². The van der Waals surface area contributed by atoms with Gasteiger partial charge in [-0.05, 0) is 30.9 Å². The lowest BCUT2D eigenvalue weighted by Crippen LogP contribution is -2.35. The molecule has 1 N–H and O–H groups in total. The van der Waals surface area contributed by atoms with E-state index in [1.165, 1.54) is 6.07 Å². The van der Waals surface area contributed by atoms with Gasteiger partial charge in [-0.2, -0.15) is 0 Å². The van der Waals surface area contributed by atoms with Gasteiger partial charge < -0.3 is 10.0 Å². The number of aliphatic hydroxyl groups is 1. The van der Waals surface area contributed by atoms with Crippen molar-refractivity contribution in [2.24, 2.45) is 5.92 Å². The lowest BCUT2D eigenvalue weighted by atomic mass is 9.98. The molecule has 1 aliphatic heterocycles. The molecule has 0 aliphatic carbocycles. The summed E-state index contributed by atoms with van der Waals surface area (Å²) in [5.74, 6) is -2.01. The predicted molar refractivity (Wildman–Crippen MR) is 103 cm³/mol. The number of piperidine rings is 1. The maximum Gasteiger partial charge on any atom is 0.163 e. The van der Waals surface area contributed by atoms with E-state index in [4.69, 9.17) is 0 Å². The van der Waals surface area contributed by atoms with Crippen LogP contribution in [0.25, 0.3) is 22.6 Å². The Morgan fingerprint density at radius 1 is 1.03 bits per heavy atom. The van der Waals surface area contributed by atoms with E-state index in [0.29, 0.717) is 36.6 Å². The first-order valence-electron chi connectivity index (χ1n) is 9.35. The quantitative estimate of drug-likeness (QED) is 0.721. The normalized spacial score (nSPS) is 15.0. The first-order valence-corrected chi connectivity index (χ1v) is 9.35. The van der Waals surface area contributed by atoms with Gasteiger partial charge in [0.15, 0.2) is 5.82 Å². The Labute approximate surface area is 165 Å². The summed E-state index contributed by atoms with van der Waals surface area (Å²) in [5, 5.41) is 9.35. The summed E-state index contributed by atoms with van der Waals surface area (Å²) in [7, 11) is 0. The highest BCUT2D eigenvalue weighted by Gasteiger charge is 2.23. The van der Waals surface area contributed by atoms with Crippen LogP contribution in [0, 0.1) is 23.4 Å². The minimum Gasteiger partial charge on any atom is -0.396 e. The second-order valence-corrected chi connectivity index (χ2v) is 7.03. The first-order chi connectivity index (χ1) is 14.0. The number of aliphatic hydroxyl groups excluding tert-OH is 1. The maximum atomic E-state index is 14.4. The van der Waals surface area contributed by atoms with E-state index in [9.17, 15) is 18.3 Å². The van der Waals surface area contributed by atoms with E-state index in [1.54, 1.807) is 24.5 Å². The molecular weight excluding hydrogens is 381 g/mol. The number of halogens is 3. The first kappa shape index (κ1) is 19.3. The van der Waals surface area contributed by atoms with Crippen LogP contribution < -0.4 is 4.90 Å². The zero-order valence-electron chi connectivity index (χ0n) is 15.5. The molecule has 2 aromatic heterocycles. The van der Waals surface area contributed by atoms with Crippen molar-refractivity contribution in [3.63, 3.8) is 0 Å². The van der Waals surface area contributed by atoms with Gasteiger partial charge in [-0.25, -0.2) is 23.1 Å². The van der Waals surface area contributed by atoms with E-state index >= 15 is 0 Å². The number of hydrogen-bond acceptors (Lipinski definition) is 5. The standard InChI is InChI=1S/C21H19F3N4O/c22-15-8-16(23)20(17(24)9-15)18-10-19(28-6-3-13(12-29)4-7-28)27-21(26-18)14-2-1-5-25-11-14/h1-2,5,8-11,13,29H,3-4,6-7,12H2. The average molecular weight is 400 g/mol. The van der Waals surface area contributed by atoms with E-state index in [-0.39, 0.29) is 24.0 Å². The zero-order valence-corrected chi connectivity index (χ0v) is 15.5. The molecule has 0 amide bonds. The van der Waals surface area contributed by atoms with Gasteiger partial charge in [-0.1, -0.05) is 0 Å². The van der Waals surface area contributed by atoms with Crippen LogP contribution in [0.3, 0.4) is 0 Å². The van der Waals surface area contributed by atoms with Crippen LogP contribution in [-0.4, -0.2) is 39.8 Å². The molecule has 3 aromatic rings. The largest absolute Gasteiger partial charge is 0.396 e. The summed E-state index contributed by atoms with van der Waals surface area (Å²) in [6.45, 7) is 1.45. The highest BCUT2D eigenvalue weighted by atomic mass is 19.1. The average Bonchev–Trinajstić information content (AvgIpc) is 2.73. The lowest BCUT2D eigenvalue weighted by Gasteiger charge is -2.32. The van der Waals surface area contributed by atoms with Crippen molar-refractivity contribution >= 4 is 5.82 Å². The van der Waals surface area contributed by atoms with Crippen LogP contribution >= 0.6 is 0 Å². The summed E-state index contributed by atoms with van der Waals surface area (Å²) in [6, 6.07) is 6.26. The third-order valence-electron chi connectivity index (χ3n) is 5.09. The molecule has 29 heavy (non-hydrogen) atoms. The van der Waals surface area contributed by atoms with Crippen LogP contribution in [0.1, 0.15) is 12.8 Å². The monoisotopic (exact) mass is 400 g/mol. The van der Waals surface area contributed by atoms with Gasteiger partial charge in [0.25, 0.3) is 0 Å². The fourth-order valence-corrected chi connectivity index (χ4v) is 3.48. The fourth-order valence-electron chi connectivity index (χ4n) is 3.48. The molecule has 0 atom stereocenters. The van der Waals surface area contributed by atoms with Gasteiger partial charge in [-0.3, -0.25) is 4.98 Å². The summed E-state index contributed by atoms with van der Waals surface area (Å²) in [5.41, 5.74) is 0.238. The number of benzene rings is 1. The number of pyridine rings is 1. The van der Waals surface area contributed by atoms with Crippen molar-refractivity contribution in [1.29, 1.82) is 0 Å². The minimum absolute atomic E-state index is 0.0353. The number of rotatable bonds is 4. The Balaban J connectivity index is 1.81. The van der Waals surface area contributed by atoms with Gasteiger partial charge in [0.1, 0.15) is 23.3 Å². The minimum atomic E-state index is -1.02. The Bertz CT molecular complexity index is 985. The van der Waals surface area contributed by atoms with E-state index in [1.807, 2.05) is 4.90 Å². The predicted octanol–water partition coefficient (Wildman–Crippen LogP) is 3.83. The van der Waals surface area contributed by atoms with Gasteiger partial charge in [0, 0.05) is 55.9 Å². The Kier molecular flexibility index (Phi) is 5.44. The van der Waals surface area contributed by atoms with Crippen LogP contribution in [0.5, 0.6) is 0 Å². The number of hydrogen-bond donors (Lipinski definition) is 1. The number of aromatic nitrogens is 3. The van der Waals surface area contributed by atoms with Crippen molar-refractivity contribution in [3.8, 4) is 22.6 Å². The highest BCUT2D eigenvalue weighted by Crippen LogP contribution is 2.31. The number of nitrogens with zero attached hydrogens (tertiary/aromatic N) is 4. The highest BCUT2D eigenvalue weighted by molar-refractivity contribution is 5.68. The Morgan fingerprint density at radius 2 is 1.76 bits per heavy atom. The number of anilines is 1. The SMILES string of the molecule is OCC1CCN(c2cc(-c3c(F)cc(F)cc3F)nc(-c3cccnc3)n2)CC1. The molecular formula is C21H19F3N4O. The molecule has 0 saturated carbocycles. The van der Waals surface area contributed by atoms with Gasteiger partial charge in [-0.15, -0.1) is 0 Å². The van der Waals surface area contributed by atoms with Crippen molar-refractivity contribution < 1.29 is 18.3 Å². The zero-order chi connectivity index (χ0) is 20.4. The molecule has 1 fully saturated rings. The van der Waals surface area contributed by atoms with Crippen molar-refractivity contribution in [2.75, 3.05) is 24.6 Å². The molecule has 3 heterocycles. The molecule has 1 saturated heterocycles. The molecule has 0 bridgehead atoms. The smallest absolute Gasteiger partial charge is 0.163 e. The fraction of sp³-hybridized carbons (Fsp3) is 0.286. The summed E-state index contributed by atoms with van der Waals surface area (Å²) in [6.07, 6.45) is 4.75. The van der Waals surface area contributed by atoms with Crippen molar-refractivity contribution in [1.82, 2.24) is 15.0 Å². The molecule has 150 valence electrons. The Morgan fingerprint density at radius 3 is 2.38 bits per heavy atom. The molecule has 5 nitrogen and oxygen atoms in total. The summed E-state index contributed by atoms with van der Waals surface area (Å²) in [4.78, 5) is 15.0. The van der Waals surface area contributed by atoms with E-state index in [0.717, 1.165) is 12.8 Å². The molecule has 0 radical (unpaired) electrons. The second-order valence-electron chi connectivity index (χ2n) is 7.03. The van der Waals surface area contributed by atoms with Crippen LogP contribution in [0.4, 0.5) is 19.0 Å². The summed E-state index contributed by atoms with van der Waals surface area (Å²) < 4.78 is 42.2. The topological polar surface area (TPSA) is 62.1 Å². The van der Waals surface area contributed by atoms with Crippen LogP contribution in [-0.2, 0) is 0 Å². The van der Waals surface area contributed by atoms with Crippen molar-refractivity contribution in [2.45, 2.75) is 12.8 Å². The maximum absolute atomic E-state index is 14.4. The molecule has 1 aromatic carbocycles. The Hall–Kier alpha value is -3.00. The lowest BCUT2D eigenvalue weighted by molar-refractivity contribution is 0.203. The van der Waals surface area contributed by atoms with Gasteiger partial charge in [0.2, 0.25) is 0 Å². The molecule has 1 aliphatic rings. The third-order valence-corrected chi connectivity index (χ3v) is 5.09. The van der Waals surface area contributed by atoms with Gasteiger partial charge in [0.05, 0.1) is 11.3 Å². The third kappa shape index (κ3) is 4.07. The van der Waals surface area contributed by atoms with Gasteiger partial charge >= 0.3 is 0 Å². The molecule has 0 unspecified atom stereocenters. The molecule has 4 rings (SSSR count). The second kappa shape index (κ2) is 8.16. The van der Waals surface area contributed by atoms with Crippen LogP contribution in [0.2, 0.25) is 0 Å². The summed E-state index contributed by atoms with van der Waals surface area (Å²) >= 11 is 0. The van der Waals surface area contributed by atoms with Crippen molar-refractivity contribution in [3.05, 3.63) is 60.2 Å². The van der Waals surface area contributed by atoms with Crippen LogP contribution in [0.15, 0.2) is 42.7 Å².